The van der Waals surface area contributed by atoms with Gasteiger partial charge in [0.05, 0.1) is 13.7 Å². The monoisotopic (exact) mass is 392 g/mol. The highest BCUT2D eigenvalue weighted by Gasteiger charge is 2.29. The number of nitrogens with one attached hydrogen (secondary N) is 1. The van der Waals surface area contributed by atoms with Gasteiger partial charge in [-0.05, 0) is 13.0 Å². The lowest BCUT2D eigenvalue weighted by Crippen LogP contribution is -2.24. The summed E-state index contributed by atoms with van der Waals surface area (Å²) < 4.78 is 16.1. The van der Waals surface area contributed by atoms with Gasteiger partial charge in [-0.15, -0.1) is 0 Å². The van der Waals surface area contributed by atoms with Crippen molar-refractivity contribution >= 4 is 17.8 Å². The number of carboxylic acid groups (broad SMARTS) is 2. The van der Waals surface area contributed by atoms with Gasteiger partial charge in [-0.3, -0.25) is 4.79 Å². The van der Waals surface area contributed by atoms with E-state index in [1.165, 1.54) is 19.2 Å². The lowest BCUT2D eigenvalue weighted by molar-refractivity contribution is 0.0695. The van der Waals surface area contributed by atoms with Crippen molar-refractivity contribution in [3.8, 4) is 22.6 Å². The van der Waals surface area contributed by atoms with Gasteiger partial charge in [0.1, 0.15) is 23.6 Å². The smallest absolute Gasteiger partial charge is 0.342 e. The number of anilines is 1. The molecule has 0 radical (unpaired) electrons. The molecule has 0 aliphatic rings. The molecule has 0 fully saturated rings. The second-order valence-electron chi connectivity index (χ2n) is 5.49. The van der Waals surface area contributed by atoms with E-state index in [-0.39, 0.29) is 35.8 Å². The molecule has 0 atom stereocenters. The zero-order chi connectivity index (χ0) is 20.8. The summed E-state index contributed by atoms with van der Waals surface area (Å²) in [7, 11) is 1.37. The number of pyridine rings is 1. The number of H-pyrrole nitrogens is 1. The van der Waals surface area contributed by atoms with Crippen molar-refractivity contribution < 1.29 is 34.0 Å². The van der Waals surface area contributed by atoms with Crippen LogP contribution in [-0.4, -0.2) is 54.1 Å². The van der Waals surface area contributed by atoms with Crippen LogP contribution in [0.3, 0.4) is 0 Å². The Bertz CT molecular complexity index is 951. The number of benzene rings is 1. The van der Waals surface area contributed by atoms with Crippen LogP contribution in [0.4, 0.5) is 5.82 Å². The lowest BCUT2D eigenvalue weighted by Gasteiger charge is -2.18. The van der Waals surface area contributed by atoms with Crippen LogP contribution < -0.4 is 20.8 Å². The maximum absolute atomic E-state index is 12.2. The molecule has 2 aromatic rings. The van der Waals surface area contributed by atoms with E-state index in [9.17, 15) is 24.6 Å². The molecule has 5 N–H and O–H groups in total. The molecule has 0 saturated heterocycles. The summed E-state index contributed by atoms with van der Waals surface area (Å²) in [5, 5.41) is 19.1. The van der Waals surface area contributed by atoms with Crippen LogP contribution in [0.1, 0.15) is 27.6 Å². The Kier molecular flexibility index (Phi) is 6.61. The Morgan fingerprint density at radius 2 is 1.82 bits per heavy atom. The third-order valence-corrected chi connectivity index (χ3v) is 3.82. The van der Waals surface area contributed by atoms with E-state index in [4.69, 9.17) is 19.9 Å². The number of methoxy groups -OCH3 is 1. The van der Waals surface area contributed by atoms with Crippen molar-refractivity contribution in [3.05, 3.63) is 39.7 Å². The molecule has 10 nitrogen and oxygen atoms in total. The number of hydrogen-bond donors (Lipinski definition) is 4. The molecule has 150 valence electrons. The summed E-state index contributed by atoms with van der Waals surface area (Å²) in [4.78, 5) is 37.8. The van der Waals surface area contributed by atoms with Crippen LogP contribution in [0, 0.1) is 0 Å². The minimum absolute atomic E-state index is 0.0449. The van der Waals surface area contributed by atoms with E-state index in [1.54, 1.807) is 6.07 Å². The molecule has 1 aromatic carbocycles. The van der Waals surface area contributed by atoms with Crippen molar-refractivity contribution in [3.63, 3.8) is 0 Å². The van der Waals surface area contributed by atoms with Crippen LogP contribution >= 0.6 is 0 Å². The van der Waals surface area contributed by atoms with E-state index in [0.717, 1.165) is 0 Å². The third kappa shape index (κ3) is 4.07. The first kappa shape index (κ1) is 20.8. The highest BCUT2D eigenvalue weighted by Crippen LogP contribution is 2.41. The van der Waals surface area contributed by atoms with E-state index in [2.05, 4.69) is 4.98 Å². The minimum atomic E-state index is -1.61. The second-order valence-corrected chi connectivity index (χ2v) is 5.49. The molecular formula is C18H20N2O8. The topological polar surface area (TPSA) is 161 Å². The molecule has 10 heteroatoms. The van der Waals surface area contributed by atoms with Crippen LogP contribution in [0.5, 0.6) is 11.5 Å². The molecule has 0 saturated carbocycles. The third-order valence-electron chi connectivity index (χ3n) is 3.82. The van der Waals surface area contributed by atoms with Gasteiger partial charge in [-0.1, -0.05) is 12.1 Å². The number of aromatic carboxylic acids is 2. The van der Waals surface area contributed by atoms with Gasteiger partial charge < -0.3 is 35.1 Å². The van der Waals surface area contributed by atoms with E-state index in [1.807, 2.05) is 6.92 Å². The number of aromatic nitrogens is 1. The Morgan fingerprint density at radius 3 is 2.39 bits per heavy atom. The van der Waals surface area contributed by atoms with Gasteiger partial charge in [0.2, 0.25) is 0 Å². The van der Waals surface area contributed by atoms with E-state index < -0.39 is 34.4 Å². The Hall–Kier alpha value is -3.53. The summed E-state index contributed by atoms with van der Waals surface area (Å²) in [6.45, 7) is 2.61. The summed E-state index contributed by atoms with van der Waals surface area (Å²) in [5.74, 6) is -3.29. The number of nitrogen functional groups attached to an aromatic ring is 1. The second kappa shape index (κ2) is 8.91. The van der Waals surface area contributed by atoms with Crippen LogP contribution in [0.25, 0.3) is 11.1 Å². The molecule has 0 aliphatic carbocycles. The number of para-hydroxylation sites is 1. The summed E-state index contributed by atoms with van der Waals surface area (Å²) in [6.07, 6.45) is 0. The van der Waals surface area contributed by atoms with Crippen molar-refractivity contribution in [2.45, 2.75) is 6.92 Å². The number of carbonyl (C=O) groups is 2. The predicted molar refractivity (Wildman–Crippen MR) is 99.4 cm³/mol. The van der Waals surface area contributed by atoms with Crippen molar-refractivity contribution in [2.24, 2.45) is 0 Å². The summed E-state index contributed by atoms with van der Waals surface area (Å²) >= 11 is 0. The first-order valence-corrected chi connectivity index (χ1v) is 8.23. The van der Waals surface area contributed by atoms with Gasteiger partial charge in [0.25, 0.3) is 5.56 Å². The molecule has 1 heterocycles. The molecule has 2 rings (SSSR count). The van der Waals surface area contributed by atoms with Crippen LogP contribution in [-0.2, 0) is 4.74 Å². The average molecular weight is 392 g/mol. The zero-order valence-corrected chi connectivity index (χ0v) is 15.3. The summed E-state index contributed by atoms with van der Waals surface area (Å²) in [6, 6.07) is 4.49. The Balaban J connectivity index is 2.81. The standard InChI is InChI=1S/C18H20N2O8/c1-3-27-7-8-28-14-9(5-4-6-10(14)26-2)11-12(17(22)23)15(19)20-16(21)13(11)18(24)25/h4-6H,3,7-8H2,1-2H3,(H,22,23)(H,24,25)(H3,19,20,21). The van der Waals surface area contributed by atoms with Crippen molar-refractivity contribution in [1.82, 2.24) is 4.98 Å². The maximum Gasteiger partial charge on any atom is 0.342 e. The largest absolute Gasteiger partial charge is 0.493 e. The molecule has 1 aromatic heterocycles. The number of aromatic amines is 1. The van der Waals surface area contributed by atoms with Crippen molar-refractivity contribution in [2.75, 3.05) is 32.7 Å². The Labute approximate surface area is 159 Å². The molecule has 0 amide bonds. The van der Waals surface area contributed by atoms with E-state index >= 15 is 0 Å². The van der Waals surface area contributed by atoms with Gasteiger partial charge in [-0.25, -0.2) is 9.59 Å². The van der Waals surface area contributed by atoms with Gasteiger partial charge in [0, 0.05) is 17.7 Å². The first-order valence-electron chi connectivity index (χ1n) is 8.23. The van der Waals surface area contributed by atoms with Crippen LogP contribution in [0.15, 0.2) is 23.0 Å². The number of ether oxygens (including phenoxy) is 3. The summed E-state index contributed by atoms with van der Waals surface area (Å²) in [5.41, 5.74) is 2.99. The zero-order valence-electron chi connectivity index (χ0n) is 15.3. The van der Waals surface area contributed by atoms with Gasteiger partial charge >= 0.3 is 11.9 Å². The fourth-order valence-corrected chi connectivity index (χ4v) is 2.69. The Morgan fingerprint density at radius 1 is 1.14 bits per heavy atom. The number of carboxylic acids is 2. The number of nitrogens with two attached hydrogens (primary N) is 1. The predicted octanol–water partition coefficient (Wildman–Crippen LogP) is 1.44. The molecule has 0 spiro atoms. The highest BCUT2D eigenvalue weighted by atomic mass is 16.5. The van der Waals surface area contributed by atoms with E-state index in [0.29, 0.717) is 6.61 Å². The number of rotatable bonds is 9. The minimum Gasteiger partial charge on any atom is -0.493 e. The maximum atomic E-state index is 12.2. The average Bonchev–Trinajstić information content (AvgIpc) is 2.63. The van der Waals surface area contributed by atoms with Crippen molar-refractivity contribution in [1.29, 1.82) is 0 Å². The fraction of sp³-hybridized carbons (Fsp3) is 0.278. The van der Waals surface area contributed by atoms with Crippen LogP contribution in [0.2, 0.25) is 0 Å². The molecule has 0 aliphatic heterocycles. The molecule has 0 bridgehead atoms. The molecule has 0 unspecified atom stereocenters. The normalized spacial score (nSPS) is 10.5. The van der Waals surface area contributed by atoms with Gasteiger partial charge in [-0.2, -0.15) is 0 Å². The van der Waals surface area contributed by atoms with Gasteiger partial charge in [0.15, 0.2) is 11.5 Å². The highest BCUT2D eigenvalue weighted by molar-refractivity contribution is 6.08. The quantitative estimate of drug-likeness (QED) is 0.463. The fourth-order valence-electron chi connectivity index (χ4n) is 2.69. The SMILES string of the molecule is CCOCCOc1c(OC)cccc1-c1c(C(=O)O)c(N)[nH]c(=O)c1C(=O)O. The molecular weight excluding hydrogens is 372 g/mol. The first-order chi connectivity index (χ1) is 13.3. The molecule has 28 heavy (non-hydrogen) atoms. The number of hydrogen-bond acceptors (Lipinski definition) is 7. The lowest BCUT2D eigenvalue weighted by atomic mass is 9.94.